The first-order valence-electron chi connectivity index (χ1n) is 6.67. The molecule has 110 valence electrons. The average Bonchev–Trinajstić information content (AvgIpc) is 2.41. The van der Waals surface area contributed by atoms with E-state index in [1.807, 2.05) is 6.92 Å². The zero-order chi connectivity index (χ0) is 14.8. The Balaban J connectivity index is 1.89. The molecule has 20 heavy (non-hydrogen) atoms. The molecule has 1 aromatic carbocycles. The van der Waals surface area contributed by atoms with Gasteiger partial charge in [0.15, 0.2) is 0 Å². The molecule has 0 bridgehead atoms. The molecular weight excluding hydrogens is 274 g/mol. The highest BCUT2D eigenvalue weighted by Crippen LogP contribution is 2.33. The van der Waals surface area contributed by atoms with Crippen LogP contribution in [0.1, 0.15) is 25.5 Å². The molecule has 0 spiro atoms. The Labute approximate surface area is 124 Å². The number of hydrogen-bond donors (Lipinski definition) is 1. The molecule has 1 aromatic rings. The van der Waals surface area contributed by atoms with Gasteiger partial charge in [-0.1, -0.05) is 12.1 Å². The van der Waals surface area contributed by atoms with Gasteiger partial charge in [0, 0.05) is 24.0 Å². The van der Waals surface area contributed by atoms with Gasteiger partial charge in [-0.05, 0) is 37.8 Å². The van der Waals surface area contributed by atoms with Crippen molar-refractivity contribution in [3.63, 3.8) is 0 Å². The van der Waals surface area contributed by atoms with Gasteiger partial charge in [-0.3, -0.25) is 4.90 Å². The standard InChI is InChI=1S/C15H21NO3S/c1-11(12-4-6-13(20-3)7-5-12)16-9-15(2,10-16)19-8-14(17)18/h4-7,11H,8-10H2,1-3H3,(H,17,18). The molecule has 1 atom stereocenters. The van der Waals surface area contributed by atoms with Crippen LogP contribution in [0.2, 0.25) is 0 Å². The number of rotatable bonds is 6. The minimum Gasteiger partial charge on any atom is -0.480 e. The van der Waals surface area contributed by atoms with Gasteiger partial charge < -0.3 is 9.84 Å². The smallest absolute Gasteiger partial charge is 0.329 e. The summed E-state index contributed by atoms with van der Waals surface area (Å²) in [7, 11) is 0. The zero-order valence-electron chi connectivity index (χ0n) is 12.1. The number of hydrogen-bond acceptors (Lipinski definition) is 4. The highest BCUT2D eigenvalue weighted by molar-refractivity contribution is 7.98. The maximum Gasteiger partial charge on any atom is 0.329 e. The van der Waals surface area contributed by atoms with Gasteiger partial charge in [0.1, 0.15) is 6.61 Å². The van der Waals surface area contributed by atoms with Crippen molar-refractivity contribution in [1.29, 1.82) is 0 Å². The summed E-state index contributed by atoms with van der Waals surface area (Å²) in [5.74, 6) is -0.912. The van der Waals surface area contributed by atoms with E-state index in [0.29, 0.717) is 6.04 Å². The van der Waals surface area contributed by atoms with Crippen LogP contribution in [0.25, 0.3) is 0 Å². The van der Waals surface area contributed by atoms with Crippen molar-refractivity contribution in [2.75, 3.05) is 26.0 Å². The molecular formula is C15H21NO3S. The van der Waals surface area contributed by atoms with E-state index in [2.05, 4.69) is 42.3 Å². The molecule has 0 aliphatic carbocycles. The van der Waals surface area contributed by atoms with Crippen LogP contribution in [-0.4, -0.2) is 47.5 Å². The molecule has 0 saturated carbocycles. The number of nitrogens with zero attached hydrogens (tertiary/aromatic N) is 1. The number of ether oxygens (including phenoxy) is 1. The van der Waals surface area contributed by atoms with Crippen LogP contribution in [-0.2, 0) is 9.53 Å². The van der Waals surface area contributed by atoms with E-state index in [-0.39, 0.29) is 12.2 Å². The summed E-state index contributed by atoms with van der Waals surface area (Å²) in [4.78, 5) is 14.1. The second-order valence-corrected chi connectivity index (χ2v) is 6.37. The SMILES string of the molecule is CSc1ccc(C(C)N2CC(C)(OCC(=O)O)C2)cc1. The number of benzene rings is 1. The summed E-state index contributed by atoms with van der Waals surface area (Å²) in [5, 5.41) is 8.66. The largest absolute Gasteiger partial charge is 0.480 e. The number of aliphatic carboxylic acids is 1. The minimum atomic E-state index is -0.912. The quantitative estimate of drug-likeness (QED) is 0.818. The third kappa shape index (κ3) is 3.53. The van der Waals surface area contributed by atoms with E-state index in [1.165, 1.54) is 10.5 Å². The van der Waals surface area contributed by atoms with Crippen molar-refractivity contribution < 1.29 is 14.6 Å². The van der Waals surface area contributed by atoms with Crippen LogP contribution in [0.4, 0.5) is 0 Å². The van der Waals surface area contributed by atoms with E-state index in [4.69, 9.17) is 9.84 Å². The number of carboxylic acid groups (broad SMARTS) is 1. The van der Waals surface area contributed by atoms with Crippen molar-refractivity contribution in [3.05, 3.63) is 29.8 Å². The van der Waals surface area contributed by atoms with Gasteiger partial charge in [-0.2, -0.15) is 0 Å². The van der Waals surface area contributed by atoms with Gasteiger partial charge in [-0.15, -0.1) is 11.8 Å². The van der Waals surface area contributed by atoms with E-state index in [0.717, 1.165) is 13.1 Å². The molecule has 1 heterocycles. The lowest BCUT2D eigenvalue weighted by Gasteiger charge is -2.50. The summed E-state index contributed by atoms with van der Waals surface area (Å²) in [6, 6.07) is 8.91. The number of likely N-dealkylation sites (tertiary alicyclic amines) is 1. The predicted molar refractivity (Wildman–Crippen MR) is 80.2 cm³/mol. The second-order valence-electron chi connectivity index (χ2n) is 5.49. The third-order valence-corrected chi connectivity index (χ3v) is 4.51. The summed E-state index contributed by atoms with van der Waals surface area (Å²) < 4.78 is 5.44. The van der Waals surface area contributed by atoms with Gasteiger partial charge in [0.05, 0.1) is 5.60 Å². The van der Waals surface area contributed by atoms with Crippen molar-refractivity contribution in [2.45, 2.75) is 30.4 Å². The molecule has 4 nitrogen and oxygen atoms in total. The van der Waals surface area contributed by atoms with Crippen LogP contribution in [0.15, 0.2) is 29.2 Å². The summed E-state index contributed by atoms with van der Waals surface area (Å²) in [5.41, 5.74) is 0.953. The van der Waals surface area contributed by atoms with E-state index in [9.17, 15) is 4.79 Å². The van der Waals surface area contributed by atoms with Crippen molar-refractivity contribution >= 4 is 17.7 Å². The van der Waals surface area contributed by atoms with Crippen molar-refractivity contribution in [3.8, 4) is 0 Å². The Kier molecular flexibility index (Phi) is 4.73. The normalized spacial score (nSPS) is 19.4. The van der Waals surface area contributed by atoms with Crippen LogP contribution >= 0.6 is 11.8 Å². The number of thioether (sulfide) groups is 1. The van der Waals surface area contributed by atoms with E-state index < -0.39 is 5.97 Å². The Bertz CT molecular complexity index is 469. The molecule has 1 unspecified atom stereocenters. The second kappa shape index (κ2) is 6.16. The predicted octanol–water partition coefficient (Wildman–Crippen LogP) is 2.65. The first-order valence-corrected chi connectivity index (χ1v) is 7.90. The number of carbonyl (C=O) groups is 1. The fourth-order valence-electron chi connectivity index (χ4n) is 2.51. The summed E-state index contributed by atoms with van der Waals surface area (Å²) in [6.07, 6.45) is 2.07. The maximum absolute atomic E-state index is 10.5. The van der Waals surface area contributed by atoms with Crippen LogP contribution in [0, 0.1) is 0 Å². The maximum atomic E-state index is 10.5. The molecule has 0 aromatic heterocycles. The summed E-state index contributed by atoms with van der Waals surface area (Å²) >= 11 is 1.74. The summed E-state index contributed by atoms with van der Waals surface area (Å²) in [6.45, 7) is 5.46. The Hall–Kier alpha value is -1.04. The van der Waals surface area contributed by atoms with Crippen molar-refractivity contribution in [2.24, 2.45) is 0 Å². The van der Waals surface area contributed by atoms with Gasteiger partial charge >= 0.3 is 5.97 Å². The Morgan fingerprint density at radius 3 is 2.55 bits per heavy atom. The van der Waals surface area contributed by atoms with E-state index in [1.54, 1.807) is 11.8 Å². The van der Waals surface area contributed by atoms with Crippen molar-refractivity contribution in [1.82, 2.24) is 4.90 Å². The third-order valence-electron chi connectivity index (χ3n) is 3.77. The molecule has 1 fully saturated rings. The molecule has 5 heteroatoms. The van der Waals surface area contributed by atoms with Gasteiger partial charge in [-0.25, -0.2) is 4.79 Å². The molecule has 1 saturated heterocycles. The fraction of sp³-hybridized carbons (Fsp3) is 0.533. The molecule has 0 radical (unpaired) electrons. The van der Waals surface area contributed by atoms with Crippen LogP contribution in [0.5, 0.6) is 0 Å². The highest BCUT2D eigenvalue weighted by atomic mass is 32.2. The van der Waals surface area contributed by atoms with Gasteiger partial charge in [0.2, 0.25) is 0 Å². The van der Waals surface area contributed by atoms with Crippen LogP contribution in [0.3, 0.4) is 0 Å². The lowest BCUT2D eigenvalue weighted by molar-refractivity contribution is -0.169. The lowest BCUT2D eigenvalue weighted by Crippen LogP contribution is -2.62. The monoisotopic (exact) mass is 295 g/mol. The average molecular weight is 295 g/mol. The van der Waals surface area contributed by atoms with Crippen LogP contribution < -0.4 is 0 Å². The first-order chi connectivity index (χ1) is 9.43. The highest BCUT2D eigenvalue weighted by Gasteiger charge is 2.42. The molecule has 0 amide bonds. The molecule has 2 rings (SSSR count). The first kappa shape index (κ1) is 15.4. The van der Waals surface area contributed by atoms with Gasteiger partial charge in [0.25, 0.3) is 0 Å². The Morgan fingerprint density at radius 1 is 1.45 bits per heavy atom. The topological polar surface area (TPSA) is 49.8 Å². The molecule has 1 N–H and O–H groups in total. The molecule has 1 aliphatic heterocycles. The Morgan fingerprint density at radius 2 is 2.05 bits per heavy atom. The lowest BCUT2D eigenvalue weighted by atomic mass is 9.92. The zero-order valence-corrected chi connectivity index (χ0v) is 12.9. The van der Waals surface area contributed by atoms with E-state index >= 15 is 0 Å². The fourth-order valence-corrected chi connectivity index (χ4v) is 2.92. The number of carboxylic acids is 1. The minimum absolute atomic E-state index is 0.221. The molecule has 1 aliphatic rings.